The van der Waals surface area contributed by atoms with Crippen LogP contribution in [0.15, 0.2) is 6.07 Å². The molecule has 1 aromatic rings. The zero-order valence-corrected chi connectivity index (χ0v) is 11.5. The summed E-state index contributed by atoms with van der Waals surface area (Å²) in [7, 11) is 1.74. The Bertz CT molecular complexity index is 419. The van der Waals surface area contributed by atoms with Gasteiger partial charge in [0.25, 0.3) is 5.91 Å². The Morgan fingerprint density at radius 3 is 2.72 bits per heavy atom. The number of rotatable bonds is 5. The van der Waals surface area contributed by atoms with Gasteiger partial charge in [-0.3, -0.25) is 4.79 Å². The van der Waals surface area contributed by atoms with E-state index in [2.05, 4.69) is 10.2 Å². The van der Waals surface area contributed by atoms with Crippen LogP contribution in [0, 0.1) is 6.92 Å². The van der Waals surface area contributed by atoms with Crippen molar-refractivity contribution in [2.24, 2.45) is 0 Å². The molecule has 5 heteroatoms. The molecule has 0 aliphatic heterocycles. The van der Waals surface area contributed by atoms with Crippen LogP contribution < -0.4 is 0 Å². The molecular formula is C13H21N3O2. The summed E-state index contributed by atoms with van der Waals surface area (Å²) < 4.78 is 0. The van der Waals surface area contributed by atoms with E-state index in [1.807, 2.05) is 13.8 Å². The Balaban J connectivity index is 2.85. The van der Waals surface area contributed by atoms with Crippen molar-refractivity contribution in [1.29, 1.82) is 0 Å². The molecule has 1 unspecified atom stereocenters. The third-order valence-electron chi connectivity index (χ3n) is 2.79. The Hall–Kier alpha value is -1.49. The normalized spacial score (nSPS) is 12.3. The lowest BCUT2D eigenvalue weighted by molar-refractivity contribution is 0.0767. The summed E-state index contributed by atoms with van der Waals surface area (Å²) in [5.74, 6) is -0.0644. The van der Waals surface area contributed by atoms with E-state index in [0.29, 0.717) is 24.9 Å². The highest BCUT2D eigenvalue weighted by Crippen LogP contribution is 2.10. The minimum atomic E-state index is -0.400. The maximum absolute atomic E-state index is 12.3. The lowest BCUT2D eigenvalue weighted by Gasteiger charge is -2.19. The maximum atomic E-state index is 12.3. The van der Waals surface area contributed by atoms with Gasteiger partial charge < -0.3 is 10.0 Å². The van der Waals surface area contributed by atoms with Gasteiger partial charge in [0.2, 0.25) is 0 Å². The molecular weight excluding hydrogens is 230 g/mol. The van der Waals surface area contributed by atoms with Gasteiger partial charge in [-0.25, -0.2) is 0 Å². The Labute approximate surface area is 108 Å². The number of amides is 1. The molecule has 100 valence electrons. The topological polar surface area (TPSA) is 66.3 Å². The summed E-state index contributed by atoms with van der Waals surface area (Å²) in [4.78, 5) is 13.9. The maximum Gasteiger partial charge on any atom is 0.255 e. The molecule has 1 heterocycles. The van der Waals surface area contributed by atoms with Crippen LogP contribution in [0.5, 0.6) is 0 Å². The van der Waals surface area contributed by atoms with Crippen LogP contribution in [0.25, 0.3) is 0 Å². The summed E-state index contributed by atoms with van der Waals surface area (Å²) in [5.41, 5.74) is 2.06. The van der Waals surface area contributed by atoms with Gasteiger partial charge in [-0.15, -0.1) is 0 Å². The third-order valence-corrected chi connectivity index (χ3v) is 2.79. The fourth-order valence-electron chi connectivity index (χ4n) is 1.65. The molecule has 1 N–H and O–H groups in total. The molecule has 1 amide bonds. The van der Waals surface area contributed by atoms with Crippen molar-refractivity contribution in [2.75, 3.05) is 13.6 Å². The number of aromatic nitrogens is 2. The number of hydrogen-bond acceptors (Lipinski definition) is 4. The van der Waals surface area contributed by atoms with E-state index in [1.165, 1.54) is 0 Å². The average Bonchev–Trinajstić information content (AvgIpc) is 2.34. The number of carbonyl (C=O) groups is 1. The van der Waals surface area contributed by atoms with Gasteiger partial charge in [0.15, 0.2) is 0 Å². The molecule has 0 aliphatic rings. The molecule has 0 saturated carbocycles. The zero-order valence-electron chi connectivity index (χ0n) is 11.5. The van der Waals surface area contributed by atoms with E-state index in [0.717, 1.165) is 11.4 Å². The molecule has 0 radical (unpaired) electrons. The van der Waals surface area contributed by atoms with Gasteiger partial charge in [-0.2, -0.15) is 10.2 Å². The zero-order chi connectivity index (χ0) is 13.7. The minimum absolute atomic E-state index is 0.0644. The van der Waals surface area contributed by atoms with Crippen molar-refractivity contribution in [2.45, 2.75) is 39.7 Å². The van der Waals surface area contributed by atoms with Crippen LogP contribution in [-0.4, -0.2) is 45.8 Å². The van der Waals surface area contributed by atoms with Crippen LogP contribution in [0.3, 0.4) is 0 Å². The molecule has 0 fully saturated rings. The Kier molecular flexibility index (Phi) is 5.22. The summed E-state index contributed by atoms with van der Waals surface area (Å²) in [5, 5.41) is 17.3. The van der Waals surface area contributed by atoms with Crippen molar-refractivity contribution >= 4 is 5.91 Å². The van der Waals surface area contributed by atoms with Crippen molar-refractivity contribution in [3.05, 3.63) is 23.0 Å². The summed E-state index contributed by atoms with van der Waals surface area (Å²) >= 11 is 0. The van der Waals surface area contributed by atoms with Gasteiger partial charge in [-0.05, 0) is 32.8 Å². The number of hydrogen-bond donors (Lipinski definition) is 1. The van der Waals surface area contributed by atoms with E-state index in [4.69, 9.17) is 0 Å². The second-order valence-corrected chi connectivity index (χ2v) is 4.56. The first-order chi connectivity index (χ1) is 8.45. The predicted molar refractivity (Wildman–Crippen MR) is 69.4 cm³/mol. The predicted octanol–water partition coefficient (Wildman–Crippen LogP) is 1.19. The average molecular weight is 251 g/mol. The SMILES string of the molecule is CCc1nnc(C)cc1C(=O)N(C)CCC(C)O. The molecule has 18 heavy (non-hydrogen) atoms. The minimum Gasteiger partial charge on any atom is -0.393 e. The van der Waals surface area contributed by atoms with E-state index in [1.54, 1.807) is 24.9 Å². The lowest BCUT2D eigenvalue weighted by atomic mass is 10.1. The number of aliphatic hydroxyl groups is 1. The van der Waals surface area contributed by atoms with Gasteiger partial charge in [-0.1, -0.05) is 6.92 Å². The second kappa shape index (κ2) is 6.44. The van der Waals surface area contributed by atoms with E-state index in [-0.39, 0.29) is 5.91 Å². The first-order valence-corrected chi connectivity index (χ1v) is 6.22. The van der Waals surface area contributed by atoms with Crippen LogP contribution in [-0.2, 0) is 6.42 Å². The summed E-state index contributed by atoms with van der Waals surface area (Å²) in [6, 6.07) is 1.77. The van der Waals surface area contributed by atoms with Gasteiger partial charge in [0.1, 0.15) is 0 Å². The highest BCUT2D eigenvalue weighted by molar-refractivity contribution is 5.95. The number of aryl methyl sites for hydroxylation is 2. The molecule has 0 spiro atoms. The van der Waals surface area contributed by atoms with E-state index >= 15 is 0 Å². The third kappa shape index (κ3) is 3.77. The van der Waals surface area contributed by atoms with E-state index < -0.39 is 6.10 Å². The van der Waals surface area contributed by atoms with Crippen LogP contribution in [0.2, 0.25) is 0 Å². The second-order valence-electron chi connectivity index (χ2n) is 4.56. The van der Waals surface area contributed by atoms with Crippen molar-refractivity contribution in [3.63, 3.8) is 0 Å². The van der Waals surface area contributed by atoms with Gasteiger partial charge in [0.05, 0.1) is 23.1 Å². The summed E-state index contributed by atoms with van der Waals surface area (Å²) in [6.07, 6.45) is 0.850. The van der Waals surface area contributed by atoms with E-state index in [9.17, 15) is 9.90 Å². The molecule has 1 atom stereocenters. The molecule has 1 rings (SSSR count). The van der Waals surface area contributed by atoms with Crippen molar-refractivity contribution < 1.29 is 9.90 Å². The van der Waals surface area contributed by atoms with Crippen molar-refractivity contribution in [3.8, 4) is 0 Å². The Morgan fingerprint density at radius 2 is 2.17 bits per heavy atom. The molecule has 0 saturated heterocycles. The lowest BCUT2D eigenvalue weighted by Crippen LogP contribution is -2.30. The largest absolute Gasteiger partial charge is 0.393 e. The van der Waals surface area contributed by atoms with Crippen molar-refractivity contribution in [1.82, 2.24) is 15.1 Å². The first-order valence-electron chi connectivity index (χ1n) is 6.22. The molecule has 0 aromatic carbocycles. The van der Waals surface area contributed by atoms with Crippen LogP contribution in [0.4, 0.5) is 0 Å². The Morgan fingerprint density at radius 1 is 1.50 bits per heavy atom. The highest BCUT2D eigenvalue weighted by Gasteiger charge is 2.17. The molecule has 0 aliphatic carbocycles. The standard InChI is InChI=1S/C13H21N3O2/c1-5-12-11(8-9(2)14-15-12)13(18)16(4)7-6-10(3)17/h8,10,17H,5-7H2,1-4H3. The highest BCUT2D eigenvalue weighted by atomic mass is 16.3. The summed E-state index contributed by atoms with van der Waals surface area (Å²) in [6.45, 7) is 6.01. The van der Waals surface area contributed by atoms with Crippen LogP contribution in [0.1, 0.15) is 42.0 Å². The number of nitrogens with zero attached hydrogens (tertiary/aromatic N) is 3. The fourth-order valence-corrected chi connectivity index (χ4v) is 1.65. The number of aliphatic hydroxyl groups excluding tert-OH is 1. The van der Waals surface area contributed by atoms with Gasteiger partial charge in [0, 0.05) is 13.6 Å². The molecule has 0 bridgehead atoms. The number of carbonyl (C=O) groups excluding carboxylic acids is 1. The molecule has 1 aromatic heterocycles. The van der Waals surface area contributed by atoms with Crippen LogP contribution >= 0.6 is 0 Å². The monoisotopic (exact) mass is 251 g/mol. The molecule has 5 nitrogen and oxygen atoms in total. The fraction of sp³-hybridized carbons (Fsp3) is 0.615. The van der Waals surface area contributed by atoms with Gasteiger partial charge >= 0.3 is 0 Å². The quantitative estimate of drug-likeness (QED) is 0.853. The first kappa shape index (κ1) is 14.6. The smallest absolute Gasteiger partial charge is 0.255 e.